The van der Waals surface area contributed by atoms with Crippen LogP contribution in [0.15, 0.2) is 12.1 Å². The number of hydrogen-bond donors (Lipinski definition) is 3. The Hall–Kier alpha value is -1.29. The van der Waals surface area contributed by atoms with Crippen molar-refractivity contribution in [3.05, 3.63) is 23.5 Å². The fourth-order valence-electron chi connectivity index (χ4n) is 0.936. The van der Waals surface area contributed by atoms with Gasteiger partial charge in [-0.15, -0.1) is 0 Å². The highest BCUT2D eigenvalue weighted by Gasteiger charge is 2.13. The van der Waals surface area contributed by atoms with Crippen LogP contribution in [-0.2, 0) is 0 Å². The van der Waals surface area contributed by atoms with Crippen LogP contribution >= 0.6 is 0 Å². The van der Waals surface area contributed by atoms with E-state index in [0.717, 1.165) is 6.07 Å². The van der Waals surface area contributed by atoms with Gasteiger partial charge in [-0.2, -0.15) is 4.39 Å². The monoisotopic (exact) mass is 171 g/mol. The minimum atomic E-state index is -1.02. The van der Waals surface area contributed by atoms with Crippen molar-refractivity contribution in [3.8, 4) is 11.5 Å². The summed E-state index contributed by atoms with van der Waals surface area (Å²) >= 11 is 0. The van der Waals surface area contributed by atoms with Gasteiger partial charge in [0.25, 0.3) is 0 Å². The normalized spacial score (nSPS) is 12.9. The van der Waals surface area contributed by atoms with Crippen LogP contribution in [0.3, 0.4) is 0 Å². The van der Waals surface area contributed by atoms with Crippen LogP contribution in [0.5, 0.6) is 11.5 Å². The topological polar surface area (TPSA) is 66.5 Å². The summed E-state index contributed by atoms with van der Waals surface area (Å²) < 4.78 is 12.8. The zero-order chi connectivity index (χ0) is 9.30. The van der Waals surface area contributed by atoms with Crippen molar-refractivity contribution in [2.24, 2.45) is 5.73 Å². The van der Waals surface area contributed by atoms with Gasteiger partial charge in [-0.3, -0.25) is 0 Å². The second-order valence-electron chi connectivity index (χ2n) is 2.63. The van der Waals surface area contributed by atoms with E-state index in [1.807, 2.05) is 0 Å². The maximum absolute atomic E-state index is 12.8. The van der Waals surface area contributed by atoms with E-state index < -0.39 is 23.4 Å². The zero-order valence-electron chi connectivity index (χ0n) is 6.58. The van der Waals surface area contributed by atoms with E-state index in [-0.39, 0.29) is 5.56 Å². The van der Waals surface area contributed by atoms with Crippen molar-refractivity contribution in [1.82, 2.24) is 0 Å². The van der Waals surface area contributed by atoms with Crippen LogP contribution in [0.25, 0.3) is 0 Å². The predicted molar refractivity (Wildman–Crippen MR) is 42.3 cm³/mol. The highest BCUT2D eigenvalue weighted by molar-refractivity contribution is 5.42. The van der Waals surface area contributed by atoms with Gasteiger partial charge in [0.1, 0.15) is 0 Å². The summed E-state index contributed by atoms with van der Waals surface area (Å²) in [5.74, 6) is -2.17. The van der Waals surface area contributed by atoms with E-state index in [4.69, 9.17) is 15.9 Å². The first-order valence-electron chi connectivity index (χ1n) is 3.50. The molecule has 0 aliphatic carbocycles. The molecule has 0 fully saturated rings. The quantitative estimate of drug-likeness (QED) is 0.595. The van der Waals surface area contributed by atoms with E-state index in [2.05, 4.69) is 0 Å². The Balaban J connectivity index is 3.27. The maximum Gasteiger partial charge on any atom is 0.206 e. The number of rotatable bonds is 1. The summed E-state index contributed by atoms with van der Waals surface area (Å²) in [6.07, 6.45) is 0. The molecule has 3 nitrogen and oxygen atoms in total. The minimum Gasteiger partial charge on any atom is -0.505 e. The summed E-state index contributed by atoms with van der Waals surface area (Å²) in [6, 6.07) is 2.09. The van der Waals surface area contributed by atoms with Gasteiger partial charge in [-0.25, -0.2) is 0 Å². The molecule has 1 aromatic carbocycles. The van der Waals surface area contributed by atoms with Crippen molar-refractivity contribution >= 4 is 0 Å². The van der Waals surface area contributed by atoms with Crippen LogP contribution in [0.4, 0.5) is 4.39 Å². The van der Waals surface area contributed by atoms with Gasteiger partial charge in [0.05, 0.1) is 0 Å². The second-order valence-corrected chi connectivity index (χ2v) is 2.63. The Labute approximate surface area is 69.3 Å². The first-order chi connectivity index (χ1) is 5.54. The number of phenols is 2. The third-order valence-corrected chi connectivity index (χ3v) is 1.62. The number of aromatic hydroxyl groups is 2. The molecule has 4 N–H and O–H groups in total. The molecule has 1 rings (SSSR count). The largest absolute Gasteiger partial charge is 0.505 e. The molecule has 1 aromatic rings. The molecule has 0 aliphatic rings. The van der Waals surface area contributed by atoms with Crippen LogP contribution in [0.1, 0.15) is 18.5 Å². The molecule has 0 spiro atoms. The molecule has 0 saturated heterocycles. The molecule has 0 aliphatic heterocycles. The average Bonchev–Trinajstić information content (AvgIpc) is 2.00. The lowest BCUT2D eigenvalue weighted by atomic mass is 10.1. The van der Waals surface area contributed by atoms with Crippen LogP contribution in [0.2, 0.25) is 0 Å². The van der Waals surface area contributed by atoms with E-state index in [0.29, 0.717) is 0 Å². The minimum absolute atomic E-state index is 0.283. The third kappa shape index (κ3) is 1.33. The average molecular weight is 171 g/mol. The second kappa shape index (κ2) is 2.98. The third-order valence-electron chi connectivity index (χ3n) is 1.62. The van der Waals surface area contributed by atoms with Gasteiger partial charge in [-0.1, -0.05) is 0 Å². The van der Waals surface area contributed by atoms with Gasteiger partial charge < -0.3 is 15.9 Å². The first kappa shape index (κ1) is 8.80. The summed E-state index contributed by atoms with van der Waals surface area (Å²) in [4.78, 5) is 0. The molecule has 4 heteroatoms. The van der Waals surface area contributed by atoms with Gasteiger partial charge in [0.2, 0.25) is 5.82 Å². The fraction of sp³-hybridized carbons (Fsp3) is 0.250. The predicted octanol–water partition coefficient (Wildman–Crippen LogP) is 1.26. The van der Waals surface area contributed by atoms with Crippen LogP contribution < -0.4 is 5.73 Å². The van der Waals surface area contributed by atoms with Crippen molar-refractivity contribution < 1.29 is 14.6 Å². The zero-order valence-corrected chi connectivity index (χ0v) is 6.58. The van der Waals surface area contributed by atoms with E-state index in [1.54, 1.807) is 6.92 Å². The number of halogens is 1. The summed E-state index contributed by atoms with van der Waals surface area (Å²) in [7, 11) is 0. The van der Waals surface area contributed by atoms with Crippen molar-refractivity contribution in [2.75, 3.05) is 0 Å². The summed E-state index contributed by atoms with van der Waals surface area (Å²) in [5.41, 5.74) is 5.71. The number of hydrogen-bond acceptors (Lipinski definition) is 3. The number of phenolic OH excluding ortho intramolecular Hbond substituents is 2. The lowest BCUT2D eigenvalue weighted by Crippen LogP contribution is -2.05. The van der Waals surface area contributed by atoms with E-state index in [9.17, 15) is 4.39 Å². The Morgan fingerprint density at radius 1 is 1.42 bits per heavy atom. The fourth-order valence-corrected chi connectivity index (χ4v) is 0.936. The first-order valence-corrected chi connectivity index (χ1v) is 3.50. The molecule has 0 heterocycles. The summed E-state index contributed by atoms with van der Waals surface area (Å²) in [5, 5.41) is 18.0. The molecule has 0 radical (unpaired) electrons. The smallest absolute Gasteiger partial charge is 0.206 e. The number of nitrogens with two attached hydrogens (primary N) is 1. The molecule has 12 heavy (non-hydrogen) atoms. The molecule has 1 atom stereocenters. The van der Waals surface area contributed by atoms with Crippen molar-refractivity contribution in [2.45, 2.75) is 13.0 Å². The van der Waals surface area contributed by atoms with Crippen molar-refractivity contribution in [1.29, 1.82) is 0 Å². The lowest BCUT2D eigenvalue weighted by Gasteiger charge is -2.08. The Morgan fingerprint density at radius 3 is 2.50 bits per heavy atom. The van der Waals surface area contributed by atoms with Gasteiger partial charge in [0, 0.05) is 11.6 Å². The van der Waals surface area contributed by atoms with Gasteiger partial charge in [-0.05, 0) is 19.1 Å². The van der Waals surface area contributed by atoms with Gasteiger partial charge >= 0.3 is 0 Å². The highest BCUT2D eigenvalue weighted by atomic mass is 19.1. The molecule has 0 bridgehead atoms. The molecular weight excluding hydrogens is 161 g/mol. The number of benzene rings is 1. The molecule has 1 unspecified atom stereocenters. The molecule has 0 aromatic heterocycles. The molecule has 0 saturated carbocycles. The summed E-state index contributed by atoms with van der Waals surface area (Å²) in [6.45, 7) is 1.62. The van der Waals surface area contributed by atoms with Gasteiger partial charge in [0.15, 0.2) is 11.5 Å². The van der Waals surface area contributed by atoms with E-state index in [1.165, 1.54) is 6.07 Å². The molecule has 66 valence electrons. The Bertz CT molecular complexity index is 299. The van der Waals surface area contributed by atoms with Crippen LogP contribution in [-0.4, -0.2) is 10.2 Å². The SMILES string of the molecule is CC(N)c1ccc(O)c(F)c1O. The Kier molecular flexibility index (Phi) is 2.19. The molecule has 0 amide bonds. The standard InChI is InChI=1S/C8H10FNO2/c1-4(10)5-2-3-6(11)7(9)8(5)12/h2-4,11-12H,10H2,1H3. The molecular formula is C8H10FNO2. The lowest BCUT2D eigenvalue weighted by molar-refractivity contribution is 0.383. The highest BCUT2D eigenvalue weighted by Crippen LogP contribution is 2.31. The maximum atomic E-state index is 12.8. The van der Waals surface area contributed by atoms with Crippen LogP contribution in [0, 0.1) is 5.82 Å². The van der Waals surface area contributed by atoms with Crippen molar-refractivity contribution in [3.63, 3.8) is 0 Å². The van der Waals surface area contributed by atoms with E-state index >= 15 is 0 Å². The Morgan fingerprint density at radius 2 is 2.00 bits per heavy atom.